The fraction of sp³-hybridized carbons (Fsp3) is 0.517. The molecule has 7 heteroatoms. The summed E-state index contributed by atoms with van der Waals surface area (Å²) in [6.45, 7) is 3.18. The van der Waals surface area contributed by atoms with Crippen LogP contribution in [0.1, 0.15) is 60.9 Å². The van der Waals surface area contributed by atoms with Crippen molar-refractivity contribution in [2.75, 3.05) is 26.2 Å². The van der Waals surface area contributed by atoms with Gasteiger partial charge in [0.15, 0.2) is 5.78 Å². The number of hydrogen-bond acceptors (Lipinski definition) is 4. The van der Waals surface area contributed by atoms with Crippen molar-refractivity contribution in [1.29, 1.82) is 0 Å². The molecule has 2 aromatic carbocycles. The van der Waals surface area contributed by atoms with Crippen molar-refractivity contribution >= 4 is 11.7 Å². The topological polar surface area (TPSA) is 58.6 Å². The van der Waals surface area contributed by atoms with Gasteiger partial charge in [-0.15, -0.1) is 0 Å². The average Bonchev–Trinajstić information content (AvgIpc) is 2.89. The van der Waals surface area contributed by atoms with Gasteiger partial charge in [-0.1, -0.05) is 30.3 Å². The molecular weight excluding hydrogens is 462 g/mol. The highest BCUT2D eigenvalue weighted by Crippen LogP contribution is 2.29. The molecule has 36 heavy (non-hydrogen) atoms. The average molecular weight is 499 g/mol. The molecule has 1 saturated carbocycles. The zero-order valence-electron chi connectivity index (χ0n) is 20.8. The van der Waals surface area contributed by atoms with Crippen LogP contribution in [0.5, 0.6) is 0 Å². The summed E-state index contributed by atoms with van der Waals surface area (Å²) < 4.78 is 32.6. The van der Waals surface area contributed by atoms with Crippen LogP contribution < -0.4 is 5.32 Å². The molecule has 0 unspecified atom stereocenters. The Hall–Kier alpha value is -2.64. The van der Waals surface area contributed by atoms with Crippen LogP contribution in [0, 0.1) is 23.5 Å². The Morgan fingerprint density at radius 3 is 2.36 bits per heavy atom. The van der Waals surface area contributed by atoms with Gasteiger partial charge in [-0.25, -0.2) is 8.78 Å². The summed E-state index contributed by atoms with van der Waals surface area (Å²) >= 11 is 0. The first kappa shape index (κ1) is 26.4. The number of halogens is 2. The highest BCUT2D eigenvalue weighted by molar-refractivity contribution is 5.98. The van der Waals surface area contributed by atoms with E-state index >= 15 is 0 Å². The minimum Gasteiger partial charge on any atom is -0.367 e. The van der Waals surface area contributed by atoms with Gasteiger partial charge in [0.1, 0.15) is 18.2 Å². The zero-order chi connectivity index (χ0) is 25.3. The standard InChI is InChI=1S/C29H36F2N2O3/c30-24-8-11-26(27(31)18-24)29(35)23-13-16-33(17-14-23)15-12-21-6-9-25(10-7-21)32-28(34)20-36-19-22-4-2-1-3-5-22/h1-5,8,11,18,21,23,25H,6-7,9-10,12-17,19-20H2,(H,32,34). The van der Waals surface area contributed by atoms with E-state index in [2.05, 4.69) is 10.2 Å². The minimum absolute atomic E-state index is 0.00135. The highest BCUT2D eigenvalue weighted by Gasteiger charge is 2.28. The predicted molar refractivity (Wildman–Crippen MR) is 134 cm³/mol. The molecule has 1 aliphatic heterocycles. The lowest BCUT2D eigenvalue weighted by Crippen LogP contribution is -2.40. The number of piperidine rings is 1. The van der Waals surface area contributed by atoms with E-state index in [1.54, 1.807) is 0 Å². The summed E-state index contributed by atoms with van der Waals surface area (Å²) in [5.74, 6) is -1.24. The summed E-state index contributed by atoms with van der Waals surface area (Å²) in [6, 6.07) is 13.2. The van der Waals surface area contributed by atoms with E-state index in [4.69, 9.17) is 4.74 Å². The number of ketones is 1. The summed E-state index contributed by atoms with van der Waals surface area (Å²) in [5, 5.41) is 3.11. The van der Waals surface area contributed by atoms with E-state index in [1.165, 1.54) is 6.07 Å². The highest BCUT2D eigenvalue weighted by atomic mass is 19.1. The van der Waals surface area contributed by atoms with Crippen LogP contribution in [0.25, 0.3) is 0 Å². The first-order valence-corrected chi connectivity index (χ1v) is 13.1. The molecule has 0 radical (unpaired) electrons. The van der Waals surface area contributed by atoms with E-state index in [1.807, 2.05) is 30.3 Å². The Morgan fingerprint density at radius 1 is 0.944 bits per heavy atom. The van der Waals surface area contributed by atoms with Crippen LogP contribution in [0.3, 0.4) is 0 Å². The van der Waals surface area contributed by atoms with Crippen molar-refractivity contribution in [3.8, 4) is 0 Å². The second kappa shape index (κ2) is 13.1. The monoisotopic (exact) mass is 498 g/mol. The van der Waals surface area contributed by atoms with Gasteiger partial charge < -0.3 is 15.0 Å². The predicted octanol–water partition coefficient (Wildman–Crippen LogP) is 5.14. The third-order valence-corrected chi connectivity index (χ3v) is 7.57. The van der Waals surface area contributed by atoms with Crippen LogP contribution in [0.15, 0.2) is 48.5 Å². The maximum atomic E-state index is 14.0. The fourth-order valence-corrected chi connectivity index (χ4v) is 5.39. The number of hydrogen-bond donors (Lipinski definition) is 1. The Balaban J connectivity index is 1.09. The second-order valence-corrected chi connectivity index (χ2v) is 10.2. The number of carbonyl (C=O) groups excluding carboxylic acids is 2. The fourth-order valence-electron chi connectivity index (χ4n) is 5.39. The van der Waals surface area contributed by atoms with Gasteiger partial charge >= 0.3 is 0 Å². The Morgan fingerprint density at radius 2 is 1.67 bits per heavy atom. The number of Topliss-reactive ketones (excluding diaryl/α,β-unsaturated/α-hetero) is 1. The molecule has 1 N–H and O–H groups in total. The summed E-state index contributed by atoms with van der Waals surface area (Å²) in [5.41, 5.74) is 1.06. The molecule has 4 rings (SSSR count). The molecule has 1 amide bonds. The molecule has 1 heterocycles. The van der Waals surface area contributed by atoms with Gasteiger partial charge in [0, 0.05) is 18.0 Å². The smallest absolute Gasteiger partial charge is 0.246 e. The molecule has 0 aromatic heterocycles. The van der Waals surface area contributed by atoms with E-state index in [0.717, 1.165) is 69.4 Å². The van der Waals surface area contributed by atoms with Crippen molar-refractivity contribution in [1.82, 2.24) is 10.2 Å². The van der Waals surface area contributed by atoms with Crippen molar-refractivity contribution in [3.05, 3.63) is 71.3 Å². The maximum absolute atomic E-state index is 14.0. The zero-order valence-corrected chi connectivity index (χ0v) is 20.8. The molecule has 2 aromatic rings. The molecule has 0 spiro atoms. The van der Waals surface area contributed by atoms with Gasteiger partial charge in [0.2, 0.25) is 5.91 Å². The van der Waals surface area contributed by atoms with Gasteiger partial charge in [-0.2, -0.15) is 0 Å². The molecule has 2 fully saturated rings. The molecule has 1 saturated heterocycles. The first-order valence-electron chi connectivity index (χ1n) is 13.1. The van der Waals surface area contributed by atoms with Crippen LogP contribution in [0.2, 0.25) is 0 Å². The van der Waals surface area contributed by atoms with E-state index in [-0.39, 0.29) is 35.8 Å². The van der Waals surface area contributed by atoms with Crippen LogP contribution in [-0.4, -0.2) is 48.9 Å². The van der Waals surface area contributed by atoms with Gasteiger partial charge in [-0.05, 0) is 88.2 Å². The number of amides is 1. The normalized spacial score (nSPS) is 21.3. The Bertz CT molecular complexity index is 1000. The quantitative estimate of drug-likeness (QED) is 0.461. The summed E-state index contributed by atoms with van der Waals surface area (Å²) in [4.78, 5) is 27.3. The SMILES string of the molecule is O=C(COCc1ccccc1)NC1CCC(CCN2CCC(C(=O)c3ccc(F)cc3F)CC2)CC1. The van der Waals surface area contributed by atoms with Crippen molar-refractivity contribution < 1.29 is 23.1 Å². The lowest BCUT2D eigenvalue weighted by atomic mass is 9.83. The van der Waals surface area contributed by atoms with Gasteiger partial charge in [0.25, 0.3) is 0 Å². The number of ether oxygens (including phenoxy) is 1. The Labute approximate surface area is 212 Å². The molecule has 5 nitrogen and oxygen atoms in total. The van der Waals surface area contributed by atoms with Gasteiger partial charge in [0.05, 0.1) is 12.2 Å². The number of benzene rings is 2. The van der Waals surface area contributed by atoms with Crippen LogP contribution in [0.4, 0.5) is 8.78 Å². The van der Waals surface area contributed by atoms with E-state index in [0.29, 0.717) is 25.4 Å². The lowest BCUT2D eigenvalue weighted by Gasteiger charge is -2.34. The second-order valence-electron chi connectivity index (χ2n) is 10.2. The molecule has 0 atom stereocenters. The molecule has 194 valence electrons. The number of likely N-dealkylation sites (tertiary alicyclic amines) is 1. The third-order valence-electron chi connectivity index (χ3n) is 7.57. The maximum Gasteiger partial charge on any atom is 0.246 e. The van der Waals surface area contributed by atoms with Crippen molar-refractivity contribution in [3.63, 3.8) is 0 Å². The molecular formula is C29H36F2N2O3. The third kappa shape index (κ3) is 7.68. The molecule has 0 bridgehead atoms. The van der Waals surface area contributed by atoms with Crippen LogP contribution >= 0.6 is 0 Å². The largest absolute Gasteiger partial charge is 0.367 e. The first-order chi connectivity index (χ1) is 17.5. The van der Waals surface area contributed by atoms with Crippen LogP contribution in [-0.2, 0) is 16.1 Å². The number of rotatable bonds is 10. The van der Waals surface area contributed by atoms with Gasteiger partial charge in [-0.3, -0.25) is 9.59 Å². The number of nitrogens with one attached hydrogen (secondary N) is 1. The summed E-state index contributed by atoms with van der Waals surface area (Å²) in [7, 11) is 0. The Kier molecular flexibility index (Phi) is 9.59. The van der Waals surface area contributed by atoms with E-state index < -0.39 is 11.6 Å². The molecule has 2 aliphatic rings. The molecule has 1 aliphatic carbocycles. The number of nitrogens with zero attached hydrogens (tertiary/aromatic N) is 1. The lowest BCUT2D eigenvalue weighted by molar-refractivity contribution is -0.127. The summed E-state index contributed by atoms with van der Waals surface area (Å²) in [6.07, 6.45) is 6.74. The van der Waals surface area contributed by atoms with Crippen molar-refractivity contribution in [2.24, 2.45) is 11.8 Å². The minimum atomic E-state index is -0.770. The van der Waals surface area contributed by atoms with Crippen molar-refractivity contribution in [2.45, 2.75) is 57.6 Å². The van der Waals surface area contributed by atoms with E-state index in [9.17, 15) is 18.4 Å². The number of carbonyl (C=O) groups is 2.